The standard InChI is InChI=1S/C19H29N5O/c1-17-18(15-22(2)8-6-19-5-3-4-7-20-19)16-24(21-17)10-9-23-11-13-25-14-12-23/h3-5,7,16H,6,8-15H2,1-2H3. The number of aryl methyl sites for hydroxylation is 1. The van der Waals surface area contributed by atoms with Crippen molar-refractivity contribution in [1.29, 1.82) is 0 Å². The highest BCUT2D eigenvalue weighted by Crippen LogP contribution is 2.10. The van der Waals surface area contributed by atoms with Gasteiger partial charge in [-0.25, -0.2) is 0 Å². The van der Waals surface area contributed by atoms with Gasteiger partial charge in [-0.1, -0.05) is 6.07 Å². The third-order valence-corrected chi connectivity index (χ3v) is 4.71. The molecule has 25 heavy (non-hydrogen) atoms. The van der Waals surface area contributed by atoms with Gasteiger partial charge < -0.3 is 9.64 Å². The van der Waals surface area contributed by atoms with Gasteiger partial charge in [-0.3, -0.25) is 14.6 Å². The number of hydrogen-bond acceptors (Lipinski definition) is 5. The Balaban J connectivity index is 1.46. The molecule has 1 fully saturated rings. The average Bonchev–Trinajstić information content (AvgIpc) is 2.99. The van der Waals surface area contributed by atoms with Gasteiger partial charge >= 0.3 is 0 Å². The fraction of sp³-hybridized carbons (Fsp3) is 0.579. The number of likely N-dealkylation sites (N-methyl/N-ethyl adjacent to an activating group) is 1. The zero-order valence-corrected chi connectivity index (χ0v) is 15.4. The van der Waals surface area contributed by atoms with Crippen LogP contribution in [-0.4, -0.2) is 71.0 Å². The van der Waals surface area contributed by atoms with Crippen molar-refractivity contribution in [2.75, 3.05) is 46.4 Å². The van der Waals surface area contributed by atoms with Gasteiger partial charge in [-0.05, 0) is 26.1 Å². The van der Waals surface area contributed by atoms with Crippen LogP contribution in [0.15, 0.2) is 30.6 Å². The number of hydrogen-bond donors (Lipinski definition) is 0. The molecule has 6 nitrogen and oxygen atoms in total. The van der Waals surface area contributed by atoms with Gasteiger partial charge in [0.05, 0.1) is 25.5 Å². The topological polar surface area (TPSA) is 46.4 Å². The van der Waals surface area contributed by atoms with Gasteiger partial charge in [-0.2, -0.15) is 5.10 Å². The number of nitrogens with zero attached hydrogens (tertiary/aromatic N) is 5. The zero-order chi connectivity index (χ0) is 17.5. The lowest BCUT2D eigenvalue weighted by Crippen LogP contribution is -2.38. The first-order chi connectivity index (χ1) is 12.2. The maximum absolute atomic E-state index is 5.40. The van der Waals surface area contributed by atoms with E-state index in [9.17, 15) is 0 Å². The predicted octanol–water partition coefficient (Wildman–Crippen LogP) is 1.59. The number of pyridine rings is 1. The molecule has 6 heteroatoms. The maximum atomic E-state index is 5.40. The number of morpholine rings is 1. The molecule has 3 rings (SSSR count). The summed E-state index contributed by atoms with van der Waals surface area (Å²) >= 11 is 0. The highest BCUT2D eigenvalue weighted by Gasteiger charge is 2.12. The van der Waals surface area contributed by atoms with E-state index >= 15 is 0 Å². The molecule has 0 atom stereocenters. The van der Waals surface area contributed by atoms with E-state index in [-0.39, 0.29) is 0 Å². The minimum Gasteiger partial charge on any atom is -0.379 e. The van der Waals surface area contributed by atoms with E-state index in [1.54, 1.807) is 0 Å². The second kappa shape index (κ2) is 9.08. The van der Waals surface area contributed by atoms with Crippen LogP contribution >= 0.6 is 0 Å². The molecule has 1 aliphatic rings. The molecular weight excluding hydrogens is 314 g/mol. The van der Waals surface area contributed by atoms with Crippen molar-refractivity contribution < 1.29 is 4.74 Å². The molecule has 0 saturated carbocycles. The quantitative estimate of drug-likeness (QED) is 0.728. The molecule has 1 saturated heterocycles. The Morgan fingerprint density at radius 1 is 1.20 bits per heavy atom. The third-order valence-electron chi connectivity index (χ3n) is 4.71. The van der Waals surface area contributed by atoms with E-state index in [0.717, 1.165) is 70.3 Å². The number of aromatic nitrogens is 3. The molecular formula is C19H29N5O. The third kappa shape index (κ3) is 5.63. The van der Waals surface area contributed by atoms with E-state index in [4.69, 9.17) is 4.74 Å². The molecule has 2 aromatic rings. The van der Waals surface area contributed by atoms with Crippen molar-refractivity contribution in [3.05, 3.63) is 47.5 Å². The smallest absolute Gasteiger partial charge is 0.0638 e. The van der Waals surface area contributed by atoms with E-state index in [2.05, 4.69) is 50.8 Å². The Hall–Kier alpha value is -1.76. The summed E-state index contributed by atoms with van der Waals surface area (Å²) in [5.41, 5.74) is 3.59. The predicted molar refractivity (Wildman–Crippen MR) is 98.5 cm³/mol. The first-order valence-electron chi connectivity index (χ1n) is 9.12. The lowest BCUT2D eigenvalue weighted by atomic mass is 10.2. The van der Waals surface area contributed by atoms with E-state index in [1.807, 2.05) is 18.3 Å². The molecule has 0 aliphatic carbocycles. The van der Waals surface area contributed by atoms with Gasteiger partial charge in [0.2, 0.25) is 0 Å². The first-order valence-corrected chi connectivity index (χ1v) is 9.12. The van der Waals surface area contributed by atoms with Gasteiger partial charge in [0.15, 0.2) is 0 Å². The molecule has 0 bridgehead atoms. The first kappa shape index (κ1) is 18.0. The van der Waals surface area contributed by atoms with Crippen LogP contribution in [0.4, 0.5) is 0 Å². The Kier molecular flexibility index (Phi) is 6.55. The van der Waals surface area contributed by atoms with Gasteiger partial charge in [-0.15, -0.1) is 0 Å². The van der Waals surface area contributed by atoms with Crippen LogP contribution in [-0.2, 0) is 24.2 Å². The van der Waals surface area contributed by atoms with Gasteiger partial charge in [0, 0.05) is 62.8 Å². The minimum atomic E-state index is 0.852. The summed E-state index contributed by atoms with van der Waals surface area (Å²) in [4.78, 5) is 9.17. The molecule has 136 valence electrons. The van der Waals surface area contributed by atoms with Gasteiger partial charge in [0.25, 0.3) is 0 Å². The number of ether oxygens (including phenoxy) is 1. The maximum Gasteiger partial charge on any atom is 0.0638 e. The van der Waals surface area contributed by atoms with Crippen LogP contribution in [0.2, 0.25) is 0 Å². The van der Waals surface area contributed by atoms with Crippen molar-refractivity contribution >= 4 is 0 Å². The monoisotopic (exact) mass is 343 g/mol. The van der Waals surface area contributed by atoms with E-state index in [0.29, 0.717) is 0 Å². The average molecular weight is 343 g/mol. The fourth-order valence-electron chi connectivity index (χ4n) is 3.12. The molecule has 0 spiro atoms. The Labute approximate surface area is 150 Å². The van der Waals surface area contributed by atoms with Crippen LogP contribution in [0.5, 0.6) is 0 Å². The highest BCUT2D eigenvalue weighted by atomic mass is 16.5. The normalized spacial score (nSPS) is 15.8. The summed E-state index contributed by atoms with van der Waals surface area (Å²) in [6.07, 6.45) is 5.03. The molecule has 0 aromatic carbocycles. The molecule has 0 amide bonds. The minimum absolute atomic E-state index is 0.852. The van der Waals surface area contributed by atoms with Crippen LogP contribution in [0, 0.1) is 6.92 Å². The summed E-state index contributed by atoms with van der Waals surface area (Å²) in [7, 11) is 2.16. The number of rotatable bonds is 8. The summed E-state index contributed by atoms with van der Waals surface area (Å²) in [6, 6.07) is 6.09. The second-order valence-electron chi connectivity index (χ2n) is 6.77. The van der Waals surface area contributed by atoms with Gasteiger partial charge in [0.1, 0.15) is 0 Å². The molecule has 0 N–H and O–H groups in total. The van der Waals surface area contributed by atoms with Crippen LogP contribution < -0.4 is 0 Å². The summed E-state index contributed by atoms with van der Waals surface area (Å²) in [6.45, 7) is 9.78. The SMILES string of the molecule is Cc1nn(CCN2CCOCC2)cc1CN(C)CCc1ccccn1. The van der Waals surface area contributed by atoms with Crippen molar-refractivity contribution in [1.82, 2.24) is 24.6 Å². The van der Waals surface area contributed by atoms with Crippen LogP contribution in [0.1, 0.15) is 17.0 Å². The molecule has 2 aromatic heterocycles. The lowest BCUT2D eigenvalue weighted by molar-refractivity contribution is 0.0359. The largest absolute Gasteiger partial charge is 0.379 e. The van der Waals surface area contributed by atoms with Crippen LogP contribution in [0.25, 0.3) is 0 Å². The Bertz CT molecular complexity index is 637. The highest BCUT2D eigenvalue weighted by molar-refractivity contribution is 5.15. The Morgan fingerprint density at radius 3 is 2.80 bits per heavy atom. The van der Waals surface area contributed by atoms with Crippen molar-refractivity contribution in [2.24, 2.45) is 0 Å². The Morgan fingerprint density at radius 2 is 2.04 bits per heavy atom. The van der Waals surface area contributed by atoms with Crippen molar-refractivity contribution in [3.8, 4) is 0 Å². The lowest BCUT2D eigenvalue weighted by Gasteiger charge is -2.26. The second-order valence-corrected chi connectivity index (χ2v) is 6.77. The zero-order valence-electron chi connectivity index (χ0n) is 15.4. The van der Waals surface area contributed by atoms with Crippen LogP contribution in [0.3, 0.4) is 0 Å². The molecule has 0 radical (unpaired) electrons. The van der Waals surface area contributed by atoms with E-state index < -0.39 is 0 Å². The van der Waals surface area contributed by atoms with Crippen molar-refractivity contribution in [3.63, 3.8) is 0 Å². The molecule has 1 aliphatic heterocycles. The fourth-order valence-corrected chi connectivity index (χ4v) is 3.12. The van der Waals surface area contributed by atoms with E-state index in [1.165, 1.54) is 5.56 Å². The molecule has 0 unspecified atom stereocenters. The summed E-state index contributed by atoms with van der Waals surface area (Å²) < 4.78 is 7.49. The van der Waals surface area contributed by atoms with Crippen molar-refractivity contribution in [2.45, 2.75) is 26.4 Å². The molecule has 3 heterocycles. The summed E-state index contributed by atoms with van der Waals surface area (Å²) in [5.74, 6) is 0. The summed E-state index contributed by atoms with van der Waals surface area (Å²) in [5, 5.41) is 4.69.